The molecule has 0 spiro atoms. The minimum absolute atomic E-state index is 0.0951. The highest BCUT2D eigenvalue weighted by Gasteiger charge is 2.22. The van der Waals surface area contributed by atoms with Crippen LogP contribution in [0.2, 0.25) is 0 Å². The lowest BCUT2D eigenvalue weighted by molar-refractivity contribution is -0.134. The van der Waals surface area contributed by atoms with Crippen molar-refractivity contribution in [1.82, 2.24) is 14.8 Å². The fraction of sp³-hybridized carbons (Fsp3) is 0.692. The highest BCUT2D eigenvalue weighted by molar-refractivity contribution is 5.78. The number of aliphatic hydroxyl groups is 1. The average molecular weight is 267 g/mol. The normalized spacial score (nSPS) is 17.2. The third kappa shape index (κ3) is 4.04. The molecule has 1 N–H and O–H groups in total. The molecule has 0 radical (unpaired) electrons. The number of aryl methyl sites for hydroxylation is 1. The summed E-state index contributed by atoms with van der Waals surface area (Å²) in [5, 5.41) is 9.42. The maximum atomic E-state index is 12.1. The molecule has 0 saturated carbocycles. The molecule has 19 heavy (non-hydrogen) atoms. The van der Waals surface area contributed by atoms with E-state index in [1.165, 1.54) is 0 Å². The van der Waals surface area contributed by atoms with Crippen molar-refractivity contribution < 1.29 is 14.3 Å². The van der Waals surface area contributed by atoms with E-state index in [0.29, 0.717) is 44.9 Å². The number of aromatic nitrogens is 1. The van der Waals surface area contributed by atoms with Crippen LogP contribution in [0.1, 0.15) is 24.5 Å². The maximum absolute atomic E-state index is 12.1. The second kappa shape index (κ2) is 6.16. The summed E-state index contributed by atoms with van der Waals surface area (Å²) in [6.07, 6.45) is 2.77. The molecule has 6 heteroatoms. The Bertz CT molecular complexity index is 425. The Labute approximate surface area is 113 Å². The highest BCUT2D eigenvalue weighted by atomic mass is 16.4. The molecule has 0 aromatic carbocycles. The number of piperidine rings is 1. The van der Waals surface area contributed by atoms with Crippen LogP contribution in [0, 0.1) is 6.92 Å². The average Bonchev–Trinajstić information content (AvgIpc) is 2.75. The van der Waals surface area contributed by atoms with Gasteiger partial charge >= 0.3 is 0 Å². The third-order valence-electron chi connectivity index (χ3n) is 3.30. The Hall–Kier alpha value is -1.40. The molecule has 1 aliphatic rings. The number of amides is 1. The summed E-state index contributed by atoms with van der Waals surface area (Å²) in [4.78, 5) is 19.9. The molecule has 0 bridgehead atoms. The van der Waals surface area contributed by atoms with Crippen molar-refractivity contribution in [1.29, 1.82) is 0 Å². The van der Waals surface area contributed by atoms with E-state index >= 15 is 0 Å². The predicted molar refractivity (Wildman–Crippen MR) is 69.4 cm³/mol. The van der Waals surface area contributed by atoms with Crippen LogP contribution in [0.3, 0.4) is 0 Å². The lowest BCUT2D eigenvalue weighted by Gasteiger charge is -2.30. The van der Waals surface area contributed by atoms with Crippen LogP contribution in [0.15, 0.2) is 10.6 Å². The summed E-state index contributed by atoms with van der Waals surface area (Å²) in [6, 6.07) is 0. The van der Waals surface area contributed by atoms with Gasteiger partial charge in [0.25, 0.3) is 0 Å². The topological polar surface area (TPSA) is 69.8 Å². The Kier molecular flexibility index (Phi) is 4.55. The van der Waals surface area contributed by atoms with Crippen LogP contribution < -0.4 is 0 Å². The number of hydrogen-bond acceptors (Lipinski definition) is 5. The maximum Gasteiger partial charge on any atom is 0.236 e. The zero-order valence-electron chi connectivity index (χ0n) is 11.5. The van der Waals surface area contributed by atoms with Gasteiger partial charge in [0, 0.05) is 13.1 Å². The van der Waals surface area contributed by atoms with E-state index in [9.17, 15) is 9.90 Å². The zero-order chi connectivity index (χ0) is 13.8. The molecular weight excluding hydrogens is 246 g/mol. The Morgan fingerprint density at radius 3 is 2.84 bits per heavy atom. The summed E-state index contributed by atoms with van der Waals surface area (Å²) in [6.45, 7) is 4.01. The van der Waals surface area contributed by atoms with E-state index in [0.717, 1.165) is 5.76 Å². The Balaban J connectivity index is 1.78. The number of likely N-dealkylation sites (tertiary alicyclic amines) is 1. The van der Waals surface area contributed by atoms with Gasteiger partial charge in [-0.3, -0.25) is 9.69 Å². The fourth-order valence-corrected chi connectivity index (χ4v) is 2.21. The quantitative estimate of drug-likeness (QED) is 0.855. The predicted octanol–water partition coefficient (Wildman–Crippen LogP) is 0.398. The number of likely N-dealkylation sites (N-methyl/N-ethyl adjacent to an activating group) is 1. The number of hydrogen-bond donors (Lipinski definition) is 1. The van der Waals surface area contributed by atoms with Crippen molar-refractivity contribution in [3.8, 4) is 0 Å². The van der Waals surface area contributed by atoms with Crippen molar-refractivity contribution in [2.45, 2.75) is 32.4 Å². The molecule has 2 rings (SSSR count). The van der Waals surface area contributed by atoms with Crippen molar-refractivity contribution in [2.75, 3.05) is 26.7 Å². The summed E-state index contributed by atoms with van der Waals surface area (Å²) in [7, 11) is 1.87. The first-order chi connectivity index (χ1) is 9.04. The highest BCUT2D eigenvalue weighted by Crippen LogP contribution is 2.11. The summed E-state index contributed by atoms with van der Waals surface area (Å²) >= 11 is 0. The molecule has 1 saturated heterocycles. The van der Waals surface area contributed by atoms with Crippen LogP contribution in [0.4, 0.5) is 0 Å². The van der Waals surface area contributed by atoms with Crippen LogP contribution in [0.5, 0.6) is 0 Å². The molecule has 106 valence electrons. The minimum Gasteiger partial charge on any atom is -0.445 e. The van der Waals surface area contributed by atoms with Gasteiger partial charge in [-0.15, -0.1) is 0 Å². The van der Waals surface area contributed by atoms with Crippen molar-refractivity contribution in [3.63, 3.8) is 0 Å². The number of carbonyl (C=O) groups is 1. The van der Waals surface area contributed by atoms with Gasteiger partial charge in [0.2, 0.25) is 11.8 Å². The molecular formula is C13H21N3O3. The second-order valence-electron chi connectivity index (χ2n) is 5.15. The van der Waals surface area contributed by atoms with Gasteiger partial charge in [-0.1, -0.05) is 0 Å². The lowest BCUT2D eigenvalue weighted by Crippen LogP contribution is -2.44. The van der Waals surface area contributed by atoms with Gasteiger partial charge in [-0.05, 0) is 26.8 Å². The van der Waals surface area contributed by atoms with E-state index in [4.69, 9.17) is 4.42 Å². The zero-order valence-corrected chi connectivity index (χ0v) is 11.5. The molecule has 1 aliphatic heterocycles. The molecule has 1 fully saturated rings. The molecule has 0 atom stereocenters. The first-order valence-electron chi connectivity index (χ1n) is 6.60. The standard InChI is InChI=1S/C13H21N3O3/c1-10-7-14-12(19-10)8-15(2)9-13(18)16-5-3-11(17)4-6-16/h7,11,17H,3-6,8-9H2,1-2H3. The lowest BCUT2D eigenvalue weighted by atomic mass is 10.1. The number of rotatable bonds is 4. The first kappa shape index (κ1) is 14.0. The van der Waals surface area contributed by atoms with Gasteiger partial charge in [0.05, 0.1) is 25.4 Å². The SMILES string of the molecule is Cc1cnc(CN(C)CC(=O)N2CCC(O)CC2)o1. The van der Waals surface area contributed by atoms with Gasteiger partial charge in [-0.25, -0.2) is 4.98 Å². The molecule has 0 unspecified atom stereocenters. The van der Waals surface area contributed by atoms with Crippen LogP contribution in [-0.4, -0.2) is 58.6 Å². The molecule has 1 aromatic heterocycles. The van der Waals surface area contributed by atoms with Crippen LogP contribution in [-0.2, 0) is 11.3 Å². The molecule has 1 aromatic rings. The smallest absolute Gasteiger partial charge is 0.236 e. The summed E-state index contributed by atoms with van der Waals surface area (Å²) in [5.74, 6) is 1.50. The van der Waals surface area contributed by atoms with Crippen LogP contribution >= 0.6 is 0 Å². The Morgan fingerprint density at radius 1 is 1.58 bits per heavy atom. The summed E-state index contributed by atoms with van der Waals surface area (Å²) in [5.41, 5.74) is 0. The first-order valence-corrected chi connectivity index (χ1v) is 6.60. The van der Waals surface area contributed by atoms with Gasteiger partial charge < -0.3 is 14.4 Å². The van der Waals surface area contributed by atoms with E-state index in [2.05, 4.69) is 4.98 Å². The number of aliphatic hydroxyl groups excluding tert-OH is 1. The molecule has 0 aliphatic carbocycles. The Morgan fingerprint density at radius 2 is 2.26 bits per heavy atom. The van der Waals surface area contributed by atoms with Crippen molar-refractivity contribution >= 4 is 5.91 Å². The second-order valence-corrected chi connectivity index (χ2v) is 5.15. The van der Waals surface area contributed by atoms with E-state index in [-0.39, 0.29) is 12.0 Å². The molecule has 1 amide bonds. The van der Waals surface area contributed by atoms with Gasteiger partial charge in [-0.2, -0.15) is 0 Å². The molecule has 2 heterocycles. The molecule has 6 nitrogen and oxygen atoms in total. The van der Waals surface area contributed by atoms with E-state index < -0.39 is 0 Å². The van der Waals surface area contributed by atoms with Gasteiger partial charge in [0.15, 0.2) is 0 Å². The minimum atomic E-state index is -0.253. The number of nitrogens with zero attached hydrogens (tertiary/aromatic N) is 3. The van der Waals surface area contributed by atoms with Crippen molar-refractivity contribution in [2.24, 2.45) is 0 Å². The van der Waals surface area contributed by atoms with E-state index in [1.807, 2.05) is 23.8 Å². The van der Waals surface area contributed by atoms with E-state index in [1.54, 1.807) is 6.20 Å². The third-order valence-corrected chi connectivity index (χ3v) is 3.30. The summed E-state index contributed by atoms with van der Waals surface area (Å²) < 4.78 is 5.38. The fourth-order valence-electron chi connectivity index (χ4n) is 2.21. The van der Waals surface area contributed by atoms with Crippen molar-refractivity contribution in [3.05, 3.63) is 17.8 Å². The van der Waals surface area contributed by atoms with Gasteiger partial charge in [0.1, 0.15) is 5.76 Å². The largest absolute Gasteiger partial charge is 0.445 e. The number of oxazole rings is 1. The number of carbonyl (C=O) groups excluding carboxylic acids is 1. The monoisotopic (exact) mass is 267 g/mol. The van der Waals surface area contributed by atoms with Crippen LogP contribution in [0.25, 0.3) is 0 Å².